The first-order valence-corrected chi connectivity index (χ1v) is 6.64. The highest BCUT2D eigenvalue weighted by Crippen LogP contribution is 2.20. The molecule has 0 fully saturated rings. The summed E-state index contributed by atoms with van der Waals surface area (Å²) in [4.78, 5) is 10.6. The molecule has 1 N–H and O–H groups in total. The number of nitro groups is 1. The third-order valence-electron chi connectivity index (χ3n) is 3.17. The van der Waals surface area contributed by atoms with Gasteiger partial charge >= 0.3 is 0 Å². The number of rotatable bonds is 8. The fraction of sp³-hybridized carbons (Fsp3) is 0.571. The number of hydrogen-bond donors (Lipinski definition) is 1. The average Bonchev–Trinajstić information content (AvgIpc) is 2.38. The quantitative estimate of drug-likeness (QED) is 0.569. The fourth-order valence-electron chi connectivity index (χ4n) is 2.18. The number of aryl methyl sites for hydroxylation is 1. The molecule has 0 saturated carbocycles. The van der Waals surface area contributed by atoms with E-state index in [0.29, 0.717) is 6.04 Å². The van der Waals surface area contributed by atoms with Gasteiger partial charge < -0.3 is 5.32 Å². The lowest BCUT2D eigenvalue weighted by atomic mass is 10.0. The molecule has 18 heavy (non-hydrogen) atoms. The Bertz CT molecular complexity index is 380. The molecule has 0 bridgehead atoms. The summed E-state index contributed by atoms with van der Waals surface area (Å²) in [6.45, 7) is 5.24. The first-order valence-electron chi connectivity index (χ1n) is 6.64. The fourth-order valence-corrected chi connectivity index (χ4v) is 2.18. The maximum Gasteiger partial charge on any atom is 0.272 e. The first kappa shape index (κ1) is 14.6. The molecule has 1 unspecified atom stereocenters. The topological polar surface area (TPSA) is 55.2 Å². The maximum absolute atomic E-state index is 10.9. The van der Waals surface area contributed by atoms with E-state index < -0.39 is 0 Å². The van der Waals surface area contributed by atoms with Crippen LogP contribution in [0.5, 0.6) is 0 Å². The monoisotopic (exact) mass is 250 g/mol. The van der Waals surface area contributed by atoms with Gasteiger partial charge in [-0.15, -0.1) is 0 Å². The summed E-state index contributed by atoms with van der Waals surface area (Å²) in [5.41, 5.74) is 1.09. The van der Waals surface area contributed by atoms with E-state index >= 15 is 0 Å². The van der Waals surface area contributed by atoms with Gasteiger partial charge in [-0.2, -0.15) is 0 Å². The van der Waals surface area contributed by atoms with Gasteiger partial charge in [-0.1, -0.05) is 32.0 Å². The zero-order valence-electron chi connectivity index (χ0n) is 11.2. The van der Waals surface area contributed by atoms with Crippen LogP contribution >= 0.6 is 0 Å². The summed E-state index contributed by atoms with van der Waals surface area (Å²) in [6.07, 6.45) is 3.93. The van der Waals surface area contributed by atoms with Gasteiger partial charge in [0.25, 0.3) is 5.69 Å². The van der Waals surface area contributed by atoms with E-state index in [1.165, 1.54) is 0 Å². The number of hydrogen-bond acceptors (Lipinski definition) is 3. The average molecular weight is 250 g/mol. The van der Waals surface area contributed by atoms with Crippen molar-refractivity contribution >= 4 is 5.69 Å². The molecule has 0 amide bonds. The smallest absolute Gasteiger partial charge is 0.272 e. The van der Waals surface area contributed by atoms with E-state index in [9.17, 15) is 10.1 Å². The van der Waals surface area contributed by atoms with Gasteiger partial charge in [0.05, 0.1) is 4.92 Å². The van der Waals surface area contributed by atoms with E-state index in [1.807, 2.05) is 12.1 Å². The second-order valence-electron chi connectivity index (χ2n) is 4.44. The molecule has 0 radical (unpaired) electrons. The highest BCUT2D eigenvalue weighted by Gasteiger charge is 2.12. The zero-order chi connectivity index (χ0) is 13.4. The molecular weight excluding hydrogens is 228 g/mol. The van der Waals surface area contributed by atoms with Crippen LogP contribution in [0.1, 0.15) is 38.7 Å². The Morgan fingerprint density at radius 1 is 1.33 bits per heavy atom. The lowest BCUT2D eigenvalue weighted by Crippen LogP contribution is -2.28. The molecule has 0 heterocycles. The van der Waals surface area contributed by atoms with Crippen LogP contribution in [-0.2, 0) is 6.42 Å². The standard InChI is InChI=1S/C14H22N2O2/c1-3-13(15-4-2)10-7-9-12-8-5-6-11-14(12)16(17)18/h5-6,8,11,13,15H,3-4,7,9-10H2,1-2H3. The molecule has 1 aromatic rings. The largest absolute Gasteiger partial charge is 0.314 e. The zero-order valence-corrected chi connectivity index (χ0v) is 11.2. The molecule has 4 nitrogen and oxygen atoms in total. The van der Waals surface area contributed by atoms with E-state index in [4.69, 9.17) is 0 Å². The minimum Gasteiger partial charge on any atom is -0.314 e. The molecule has 1 rings (SSSR count). The molecule has 1 aromatic carbocycles. The SMILES string of the molecule is CCNC(CC)CCCc1ccccc1[N+](=O)[O-]. The predicted molar refractivity (Wildman–Crippen MR) is 73.8 cm³/mol. The van der Waals surface area contributed by atoms with Gasteiger partial charge in [-0.25, -0.2) is 0 Å². The van der Waals surface area contributed by atoms with Crippen molar-refractivity contribution in [2.45, 2.75) is 45.6 Å². The summed E-state index contributed by atoms with van der Waals surface area (Å²) < 4.78 is 0. The summed E-state index contributed by atoms with van der Waals surface area (Å²) >= 11 is 0. The summed E-state index contributed by atoms with van der Waals surface area (Å²) in [7, 11) is 0. The number of nitrogens with one attached hydrogen (secondary N) is 1. The van der Waals surface area contributed by atoms with Crippen LogP contribution in [0.4, 0.5) is 5.69 Å². The van der Waals surface area contributed by atoms with Crippen molar-refractivity contribution in [1.29, 1.82) is 0 Å². The molecule has 0 aromatic heterocycles. The van der Waals surface area contributed by atoms with Crippen molar-refractivity contribution in [1.82, 2.24) is 5.32 Å². The number of nitrogens with zero attached hydrogens (tertiary/aromatic N) is 1. The Balaban J connectivity index is 2.50. The van der Waals surface area contributed by atoms with Crippen LogP contribution in [0, 0.1) is 10.1 Å². The predicted octanol–water partition coefficient (Wildman–Crippen LogP) is 3.31. The van der Waals surface area contributed by atoms with Gasteiger partial charge in [0.15, 0.2) is 0 Å². The van der Waals surface area contributed by atoms with Crippen LogP contribution in [0.15, 0.2) is 24.3 Å². The molecular formula is C14H22N2O2. The van der Waals surface area contributed by atoms with Crippen LogP contribution in [0.3, 0.4) is 0 Å². The van der Waals surface area contributed by atoms with Crippen molar-refractivity contribution in [3.63, 3.8) is 0 Å². The molecule has 0 aliphatic heterocycles. The Hall–Kier alpha value is -1.42. The number of benzene rings is 1. The Morgan fingerprint density at radius 2 is 2.06 bits per heavy atom. The first-order chi connectivity index (χ1) is 8.69. The highest BCUT2D eigenvalue weighted by atomic mass is 16.6. The van der Waals surface area contributed by atoms with Gasteiger partial charge in [-0.3, -0.25) is 10.1 Å². The molecule has 0 spiro atoms. The molecule has 1 atom stereocenters. The van der Waals surface area contributed by atoms with Crippen LogP contribution < -0.4 is 5.32 Å². The highest BCUT2D eigenvalue weighted by molar-refractivity contribution is 5.39. The maximum atomic E-state index is 10.9. The van der Waals surface area contributed by atoms with Crippen molar-refractivity contribution < 1.29 is 4.92 Å². The van der Waals surface area contributed by atoms with Crippen molar-refractivity contribution in [3.05, 3.63) is 39.9 Å². The second-order valence-corrected chi connectivity index (χ2v) is 4.44. The number of para-hydroxylation sites is 1. The van der Waals surface area contributed by atoms with Crippen LogP contribution in [0.25, 0.3) is 0 Å². The summed E-state index contributed by atoms with van der Waals surface area (Å²) in [5.74, 6) is 0. The Morgan fingerprint density at radius 3 is 2.67 bits per heavy atom. The van der Waals surface area contributed by atoms with Gasteiger partial charge in [-0.05, 0) is 32.2 Å². The molecule has 0 saturated heterocycles. The van der Waals surface area contributed by atoms with Gasteiger partial charge in [0.1, 0.15) is 0 Å². The minimum atomic E-state index is -0.295. The van der Waals surface area contributed by atoms with Crippen molar-refractivity contribution in [3.8, 4) is 0 Å². The summed E-state index contributed by atoms with van der Waals surface area (Å²) in [5, 5.41) is 14.3. The van der Waals surface area contributed by atoms with Crippen molar-refractivity contribution in [2.75, 3.05) is 6.54 Å². The van der Waals surface area contributed by atoms with Crippen LogP contribution in [-0.4, -0.2) is 17.5 Å². The Labute approximate surface area is 109 Å². The Kier molecular flexibility index (Phi) is 6.36. The minimum absolute atomic E-state index is 0.244. The summed E-state index contributed by atoms with van der Waals surface area (Å²) in [6, 6.07) is 7.54. The lowest BCUT2D eigenvalue weighted by molar-refractivity contribution is -0.385. The molecule has 0 aliphatic rings. The third kappa shape index (κ3) is 4.45. The van der Waals surface area contributed by atoms with E-state index in [0.717, 1.165) is 37.8 Å². The number of nitro benzene ring substituents is 1. The normalized spacial score (nSPS) is 12.3. The molecule has 0 aliphatic carbocycles. The van der Waals surface area contributed by atoms with Crippen LogP contribution in [0.2, 0.25) is 0 Å². The van der Waals surface area contributed by atoms with Crippen molar-refractivity contribution in [2.24, 2.45) is 0 Å². The van der Waals surface area contributed by atoms with Gasteiger partial charge in [0, 0.05) is 17.7 Å². The lowest BCUT2D eigenvalue weighted by Gasteiger charge is -2.15. The van der Waals surface area contributed by atoms with E-state index in [2.05, 4.69) is 19.2 Å². The third-order valence-corrected chi connectivity index (χ3v) is 3.17. The molecule has 4 heteroatoms. The second kappa shape index (κ2) is 7.82. The van der Waals surface area contributed by atoms with Gasteiger partial charge in [0.2, 0.25) is 0 Å². The molecule has 100 valence electrons. The van der Waals surface area contributed by atoms with E-state index in [1.54, 1.807) is 12.1 Å². The van der Waals surface area contributed by atoms with E-state index in [-0.39, 0.29) is 10.6 Å².